The molecule has 1 heterocycles. The molecule has 4 nitrogen and oxygen atoms in total. The van der Waals surface area contributed by atoms with Gasteiger partial charge in [-0.25, -0.2) is 4.98 Å². The number of rotatable bonds is 1. The third-order valence-electron chi connectivity index (χ3n) is 5.46. The number of aromatic nitrogens is 1. The van der Waals surface area contributed by atoms with E-state index in [1.807, 2.05) is 26.0 Å². The van der Waals surface area contributed by atoms with E-state index >= 15 is 0 Å². The summed E-state index contributed by atoms with van der Waals surface area (Å²) < 4.78 is 0. The smallest absolute Gasteiger partial charge is 0.142 e. The van der Waals surface area contributed by atoms with E-state index in [9.17, 15) is 10.5 Å². The lowest BCUT2D eigenvalue weighted by Crippen LogP contribution is -2.03. The maximum atomic E-state index is 9.70. The van der Waals surface area contributed by atoms with Crippen LogP contribution in [0, 0.1) is 36.5 Å². The van der Waals surface area contributed by atoms with Crippen molar-refractivity contribution in [3.8, 4) is 12.1 Å². The lowest BCUT2D eigenvalue weighted by Gasteiger charge is -2.12. The van der Waals surface area contributed by atoms with E-state index in [1.54, 1.807) is 0 Å². The van der Waals surface area contributed by atoms with Crippen LogP contribution in [-0.2, 0) is 0 Å². The standard InChI is InChI=1S/C24H18N4/c1-13-8-9-16(18-7-5-4-6-17(13)18)10-19-14(2)20(11-25)23-22(19)15(3)21(12-26)24(27)28-23/h4-10H,1-3H3,(H2,27,28)/b19-10+. The van der Waals surface area contributed by atoms with Gasteiger partial charge in [-0.2, -0.15) is 10.5 Å². The molecule has 28 heavy (non-hydrogen) atoms. The molecule has 3 aromatic rings. The Morgan fingerprint density at radius 1 is 0.964 bits per heavy atom. The summed E-state index contributed by atoms with van der Waals surface area (Å²) in [5.41, 5.74) is 13.1. The zero-order valence-corrected chi connectivity index (χ0v) is 16.0. The van der Waals surface area contributed by atoms with Crippen molar-refractivity contribution in [3.63, 3.8) is 0 Å². The van der Waals surface area contributed by atoms with Gasteiger partial charge in [0.2, 0.25) is 0 Å². The number of hydrogen-bond acceptors (Lipinski definition) is 4. The quantitative estimate of drug-likeness (QED) is 0.648. The van der Waals surface area contributed by atoms with Crippen molar-refractivity contribution in [1.29, 1.82) is 10.5 Å². The number of nitrogens with two attached hydrogens (primary N) is 1. The summed E-state index contributed by atoms with van der Waals surface area (Å²) in [7, 11) is 0. The number of nitriles is 2. The fraction of sp³-hybridized carbons (Fsp3) is 0.125. The van der Waals surface area contributed by atoms with Crippen molar-refractivity contribution in [2.45, 2.75) is 20.8 Å². The summed E-state index contributed by atoms with van der Waals surface area (Å²) in [5, 5.41) is 21.5. The Morgan fingerprint density at radius 2 is 1.68 bits per heavy atom. The first-order chi connectivity index (χ1) is 13.5. The van der Waals surface area contributed by atoms with Crippen molar-refractivity contribution in [2.75, 3.05) is 5.73 Å². The molecule has 1 aliphatic rings. The summed E-state index contributed by atoms with van der Waals surface area (Å²) in [6.45, 7) is 5.88. The number of hydrogen-bond donors (Lipinski definition) is 1. The first-order valence-electron chi connectivity index (χ1n) is 9.00. The van der Waals surface area contributed by atoms with Gasteiger partial charge < -0.3 is 5.73 Å². The number of anilines is 1. The van der Waals surface area contributed by atoms with Gasteiger partial charge in [-0.15, -0.1) is 0 Å². The van der Waals surface area contributed by atoms with E-state index in [1.165, 1.54) is 10.9 Å². The Labute approximate surface area is 163 Å². The first kappa shape index (κ1) is 17.5. The number of benzene rings is 2. The molecule has 4 rings (SSSR count). The normalized spacial score (nSPS) is 14.2. The Bertz CT molecular complexity index is 1310. The third-order valence-corrected chi connectivity index (χ3v) is 5.46. The maximum Gasteiger partial charge on any atom is 0.142 e. The van der Waals surface area contributed by atoms with E-state index in [0.717, 1.165) is 33.2 Å². The molecule has 0 spiro atoms. The van der Waals surface area contributed by atoms with Crippen LogP contribution in [0.3, 0.4) is 0 Å². The SMILES string of the molecule is CC1=C(C#N)c2nc(N)c(C#N)c(C)c2/C1=C/c1ccc(C)c2ccccc12. The molecule has 0 saturated carbocycles. The van der Waals surface area contributed by atoms with Crippen LogP contribution < -0.4 is 5.73 Å². The second-order valence-corrected chi connectivity index (χ2v) is 7.02. The van der Waals surface area contributed by atoms with Crippen molar-refractivity contribution in [2.24, 2.45) is 0 Å². The van der Waals surface area contributed by atoms with E-state index in [2.05, 4.69) is 54.4 Å². The van der Waals surface area contributed by atoms with Crippen LogP contribution in [0.25, 0.3) is 28.0 Å². The molecule has 2 aromatic carbocycles. The minimum Gasteiger partial charge on any atom is -0.383 e. The molecule has 1 aliphatic carbocycles. The first-order valence-corrected chi connectivity index (χ1v) is 9.00. The average molecular weight is 362 g/mol. The Kier molecular flexibility index (Phi) is 3.99. The monoisotopic (exact) mass is 362 g/mol. The van der Waals surface area contributed by atoms with Gasteiger partial charge in [0.15, 0.2) is 0 Å². The molecular formula is C24H18N4. The van der Waals surface area contributed by atoms with Gasteiger partial charge >= 0.3 is 0 Å². The van der Waals surface area contributed by atoms with E-state index in [-0.39, 0.29) is 5.82 Å². The number of aryl methyl sites for hydroxylation is 1. The lowest BCUT2D eigenvalue weighted by molar-refractivity contribution is 1.22. The Hall–Kier alpha value is -3.89. The van der Waals surface area contributed by atoms with Gasteiger partial charge in [-0.3, -0.25) is 0 Å². The van der Waals surface area contributed by atoms with Gasteiger partial charge in [-0.05, 0) is 65.5 Å². The lowest BCUT2D eigenvalue weighted by atomic mass is 9.93. The van der Waals surface area contributed by atoms with Crippen molar-refractivity contribution in [1.82, 2.24) is 4.98 Å². The fourth-order valence-electron chi connectivity index (χ4n) is 3.95. The van der Waals surface area contributed by atoms with Crippen LogP contribution >= 0.6 is 0 Å². The number of fused-ring (bicyclic) bond motifs is 2. The molecular weight excluding hydrogens is 344 g/mol. The van der Waals surface area contributed by atoms with Gasteiger partial charge in [0.05, 0.1) is 16.8 Å². The van der Waals surface area contributed by atoms with Gasteiger partial charge in [0.1, 0.15) is 18.0 Å². The molecule has 134 valence electrons. The van der Waals surface area contributed by atoms with E-state index in [4.69, 9.17) is 5.73 Å². The maximum absolute atomic E-state index is 9.70. The highest BCUT2D eigenvalue weighted by molar-refractivity contribution is 6.10. The molecule has 4 heteroatoms. The highest BCUT2D eigenvalue weighted by Gasteiger charge is 2.29. The molecule has 0 aliphatic heterocycles. The van der Waals surface area contributed by atoms with Crippen molar-refractivity contribution >= 4 is 33.8 Å². The molecule has 0 atom stereocenters. The minimum absolute atomic E-state index is 0.168. The van der Waals surface area contributed by atoms with E-state index in [0.29, 0.717) is 16.8 Å². The van der Waals surface area contributed by atoms with Gasteiger partial charge in [0, 0.05) is 5.56 Å². The minimum atomic E-state index is 0.168. The summed E-state index contributed by atoms with van der Waals surface area (Å²) in [5.74, 6) is 0.168. The summed E-state index contributed by atoms with van der Waals surface area (Å²) in [6.07, 6.45) is 2.09. The number of pyridine rings is 1. The molecule has 0 amide bonds. The van der Waals surface area contributed by atoms with Crippen LogP contribution in [0.5, 0.6) is 0 Å². The second-order valence-electron chi connectivity index (χ2n) is 7.02. The Morgan fingerprint density at radius 3 is 2.36 bits per heavy atom. The molecule has 1 aromatic heterocycles. The molecule has 0 unspecified atom stereocenters. The largest absolute Gasteiger partial charge is 0.383 e. The zero-order chi connectivity index (χ0) is 20.0. The second kappa shape index (κ2) is 6.37. The predicted octanol–water partition coefficient (Wildman–Crippen LogP) is 5.16. The summed E-state index contributed by atoms with van der Waals surface area (Å²) >= 11 is 0. The fourth-order valence-corrected chi connectivity index (χ4v) is 3.95. The van der Waals surface area contributed by atoms with Crippen molar-refractivity contribution < 1.29 is 0 Å². The molecule has 0 fully saturated rings. The third kappa shape index (κ3) is 2.40. The molecule has 0 saturated heterocycles. The Balaban J connectivity index is 2.07. The predicted molar refractivity (Wildman–Crippen MR) is 113 cm³/mol. The van der Waals surface area contributed by atoms with Crippen LogP contribution in [-0.4, -0.2) is 4.98 Å². The molecule has 0 bridgehead atoms. The highest BCUT2D eigenvalue weighted by atomic mass is 14.9. The van der Waals surface area contributed by atoms with Crippen molar-refractivity contribution in [3.05, 3.63) is 75.5 Å². The number of nitrogen functional groups attached to an aromatic ring is 1. The van der Waals surface area contributed by atoms with Gasteiger partial charge in [-0.1, -0.05) is 36.4 Å². The summed E-state index contributed by atoms with van der Waals surface area (Å²) in [4.78, 5) is 4.39. The molecule has 2 N–H and O–H groups in total. The van der Waals surface area contributed by atoms with Crippen LogP contribution in [0.15, 0.2) is 42.0 Å². The summed E-state index contributed by atoms with van der Waals surface area (Å²) in [6, 6.07) is 16.9. The van der Waals surface area contributed by atoms with Gasteiger partial charge in [0.25, 0.3) is 0 Å². The molecule has 0 radical (unpaired) electrons. The van der Waals surface area contributed by atoms with E-state index < -0.39 is 0 Å². The topological polar surface area (TPSA) is 86.5 Å². The van der Waals surface area contributed by atoms with Crippen LogP contribution in [0.1, 0.15) is 40.4 Å². The number of nitrogens with zero attached hydrogens (tertiary/aromatic N) is 3. The average Bonchev–Trinajstić information content (AvgIpc) is 2.95. The number of allylic oxidation sites excluding steroid dienone is 3. The van der Waals surface area contributed by atoms with Crippen LogP contribution in [0.4, 0.5) is 5.82 Å². The highest BCUT2D eigenvalue weighted by Crippen LogP contribution is 2.44. The van der Waals surface area contributed by atoms with Crippen LogP contribution in [0.2, 0.25) is 0 Å². The zero-order valence-electron chi connectivity index (χ0n) is 16.0.